The number of nitrogens with zero attached hydrogens (tertiary/aromatic N) is 2. The Kier molecular flexibility index (Phi) is 4.34. The van der Waals surface area contributed by atoms with Gasteiger partial charge in [-0.3, -0.25) is 19.9 Å². The van der Waals surface area contributed by atoms with Gasteiger partial charge >= 0.3 is 0 Å². The van der Waals surface area contributed by atoms with Crippen LogP contribution in [0.5, 0.6) is 0 Å². The number of pyridine rings is 1. The summed E-state index contributed by atoms with van der Waals surface area (Å²) in [5, 5.41) is 13.3. The van der Waals surface area contributed by atoms with Gasteiger partial charge in [-0.1, -0.05) is 11.6 Å². The molecule has 108 valence electrons. The number of nitro groups is 1. The molecule has 1 amide bonds. The maximum absolute atomic E-state index is 11.8. The number of carbonyl (C=O) groups is 1. The number of hydrogen-bond donors (Lipinski definition) is 2. The quantitative estimate of drug-likeness (QED) is 0.665. The van der Waals surface area contributed by atoms with Gasteiger partial charge in [0, 0.05) is 17.4 Å². The van der Waals surface area contributed by atoms with E-state index in [4.69, 9.17) is 17.3 Å². The Morgan fingerprint density at radius 3 is 2.76 bits per heavy atom. The van der Waals surface area contributed by atoms with Crippen molar-refractivity contribution < 1.29 is 9.72 Å². The van der Waals surface area contributed by atoms with Gasteiger partial charge in [0.2, 0.25) is 5.91 Å². The number of nitrogens with one attached hydrogen (secondary N) is 1. The Morgan fingerprint density at radius 2 is 2.14 bits per heavy atom. The predicted octanol–water partition coefficient (Wildman–Crippen LogP) is 2.41. The van der Waals surface area contributed by atoms with Crippen LogP contribution in [0.3, 0.4) is 0 Å². The Morgan fingerprint density at radius 1 is 1.38 bits per heavy atom. The fourth-order valence-electron chi connectivity index (χ4n) is 1.64. The Hall–Kier alpha value is -2.67. The summed E-state index contributed by atoms with van der Waals surface area (Å²) in [4.78, 5) is 26.0. The van der Waals surface area contributed by atoms with E-state index in [0.29, 0.717) is 17.1 Å². The van der Waals surface area contributed by atoms with Crippen LogP contribution in [0.1, 0.15) is 5.69 Å². The first-order chi connectivity index (χ1) is 9.95. The summed E-state index contributed by atoms with van der Waals surface area (Å²) in [7, 11) is 0. The van der Waals surface area contributed by atoms with Crippen LogP contribution < -0.4 is 11.1 Å². The van der Waals surface area contributed by atoms with Crippen LogP contribution in [0.2, 0.25) is 5.02 Å². The minimum absolute atomic E-state index is 0.0122. The lowest BCUT2D eigenvalue weighted by atomic mass is 10.2. The molecule has 0 fully saturated rings. The van der Waals surface area contributed by atoms with Crippen molar-refractivity contribution in [1.29, 1.82) is 0 Å². The van der Waals surface area contributed by atoms with Gasteiger partial charge in [0.1, 0.15) is 5.02 Å². The highest BCUT2D eigenvalue weighted by Crippen LogP contribution is 2.27. The summed E-state index contributed by atoms with van der Waals surface area (Å²) >= 11 is 5.70. The van der Waals surface area contributed by atoms with E-state index in [2.05, 4.69) is 10.3 Å². The van der Waals surface area contributed by atoms with E-state index in [1.807, 2.05) is 0 Å². The number of aromatic nitrogens is 1. The summed E-state index contributed by atoms with van der Waals surface area (Å²) in [6.45, 7) is 0. The minimum atomic E-state index is -0.612. The average molecular weight is 307 g/mol. The van der Waals surface area contributed by atoms with Crippen molar-refractivity contribution in [2.45, 2.75) is 6.42 Å². The van der Waals surface area contributed by atoms with Gasteiger partial charge in [-0.15, -0.1) is 0 Å². The van der Waals surface area contributed by atoms with Gasteiger partial charge in [-0.25, -0.2) is 0 Å². The Labute approximate surface area is 124 Å². The first kappa shape index (κ1) is 14.7. The van der Waals surface area contributed by atoms with Crippen molar-refractivity contribution in [3.05, 3.63) is 57.4 Å². The number of anilines is 2. The minimum Gasteiger partial charge on any atom is -0.397 e. The zero-order valence-corrected chi connectivity index (χ0v) is 11.5. The summed E-state index contributed by atoms with van der Waals surface area (Å²) in [6.07, 6.45) is 1.49. The zero-order valence-electron chi connectivity index (χ0n) is 10.7. The summed E-state index contributed by atoms with van der Waals surface area (Å²) in [6, 6.07) is 7.33. The van der Waals surface area contributed by atoms with E-state index in [1.165, 1.54) is 24.4 Å². The number of nitrogen functional groups attached to an aromatic ring is 1. The van der Waals surface area contributed by atoms with Crippen molar-refractivity contribution >= 4 is 34.6 Å². The lowest BCUT2D eigenvalue weighted by molar-refractivity contribution is -0.384. The third-order valence-corrected chi connectivity index (χ3v) is 2.94. The lowest BCUT2D eigenvalue weighted by Crippen LogP contribution is -2.15. The molecule has 8 heteroatoms. The number of rotatable bonds is 4. The third kappa shape index (κ3) is 3.90. The second-order valence-corrected chi connectivity index (χ2v) is 4.64. The van der Waals surface area contributed by atoms with Gasteiger partial charge in [0.05, 0.1) is 23.2 Å². The molecule has 0 aliphatic carbocycles. The van der Waals surface area contributed by atoms with Crippen molar-refractivity contribution in [2.24, 2.45) is 0 Å². The summed E-state index contributed by atoms with van der Waals surface area (Å²) in [5.41, 5.74) is 6.59. The second kappa shape index (κ2) is 6.19. The number of hydrogen-bond acceptors (Lipinski definition) is 5. The first-order valence-electron chi connectivity index (χ1n) is 5.90. The van der Waals surface area contributed by atoms with Crippen molar-refractivity contribution in [2.75, 3.05) is 11.1 Å². The number of benzene rings is 1. The molecule has 1 aromatic heterocycles. The number of nitrogens with two attached hydrogens (primary N) is 1. The van der Waals surface area contributed by atoms with Crippen LogP contribution in [0.15, 0.2) is 36.5 Å². The molecular formula is C13H11ClN4O3. The van der Waals surface area contributed by atoms with E-state index in [9.17, 15) is 14.9 Å². The molecule has 0 spiro atoms. The van der Waals surface area contributed by atoms with Crippen LogP contribution in [0.4, 0.5) is 17.1 Å². The first-order valence-corrected chi connectivity index (χ1v) is 6.27. The molecule has 21 heavy (non-hydrogen) atoms. The maximum atomic E-state index is 11.8. The summed E-state index contributed by atoms with van der Waals surface area (Å²) < 4.78 is 0. The van der Waals surface area contributed by atoms with E-state index in [1.54, 1.807) is 12.1 Å². The monoisotopic (exact) mass is 306 g/mol. The number of amides is 1. The van der Waals surface area contributed by atoms with Gasteiger partial charge in [-0.05, 0) is 24.3 Å². The molecule has 0 bridgehead atoms. The molecule has 2 aromatic rings. The average Bonchev–Trinajstić information content (AvgIpc) is 2.43. The van der Waals surface area contributed by atoms with Crippen LogP contribution in [-0.4, -0.2) is 15.8 Å². The Bertz CT molecular complexity index is 688. The highest BCUT2D eigenvalue weighted by atomic mass is 35.5. The van der Waals surface area contributed by atoms with Gasteiger partial charge in [0.15, 0.2) is 0 Å². The third-order valence-electron chi connectivity index (χ3n) is 2.62. The van der Waals surface area contributed by atoms with E-state index < -0.39 is 4.92 Å². The SMILES string of the molecule is Nc1ccc(CC(=O)Nc2ccc(Cl)c([N+](=O)[O-])c2)nc1. The van der Waals surface area contributed by atoms with Crippen LogP contribution in [0, 0.1) is 10.1 Å². The lowest BCUT2D eigenvalue weighted by Gasteiger charge is -2.05. The molecule has 0 aliphatic heterocycles. The van der Waals surface area contributed by atoms with Gasteiger partial charge in [0.25, 0.3) is 5.69 Å². The molecule has 0 saturated carbocycles. The number of nitro benzene ring substituents is 1. The smallest absolute Gasteiger partial charge is 0.289 e. The second-order valence-electron chi connectivity index (χ2n) is 4.23. The molecule has 3 N–H and O–H groups in total. The molecule has 0 saturated heterocycles. The summed E-state index contributed by atoms with van der Waals surface area (Å²) in [5.74, 6) is -0.344. The van der Waals surface area contributed by atoms with Crippen LogP contribution >= 0.6 is 11.6 Å². The van der Waals surface area contributed by atoms with Crippen LogP contribution in [0.25, 0.3) is 0 Å². The van der Waals surface area contributed by atoms with E-state index in [0.717, 1.165) is 0 Å². The molecule has 2 rings (SSSR count). The maximum Gasteiger partial charge on any atom is 0.289 e. The highest BCUT2D eigenvalue weighted by Gasteiger charge is 2.14. The van der Waals surface area contributed by atoms with Gasteiger partial charge < -0.3 is 11.1 Å². The highest BCUT2D eigenvalue weighted by molar-refractivity contribution is 6.32. The van der Waals surface area contributed by atoms with E-state index in [-0.39, 0.29) is 23.0 Å². The molecule has 0 aliphatic rings. The van der Waals surface area contributed by atoms with Crippen LogP contribution in [-0.2, 0) is 11.2 Å². The molecule has 0 radical (unpaired) electrons. The van der Waals surface area contributed by atoms with Gasteiger partial charge in [-0.2, -0.15) is 0 Å². The molecule has 0 atom stereocenters. The number of carbonyl (C=O) groups excluding carboxylic acids is 1. The Balaban J connectivity index is 2.07. The normalized spacial score (nSPS) is 10.1. The fourth-order valence-corrected chi connectivity index (χ4v) is 1.83. The van der Waals surface area contributed by atoms with Crippen molar-refractivity contribution in [3.8, 4) is 0 Å². The molecule has 1 aromatic carbocycles. The molecule has 7 nitrogen and oxygen atoms in total. The standard InChI is InChI=1S/C13H11ClN4O3/c14-11-4-3-10(5-12(11)18(20)21)17-13(19)6-9-2-1-8(15)7-16-9/h1-5,7H,6,15H2,(H,17,19). The zero-order chi connectivity index (χ0) is 15.4. The van der Waals surface area contributed by atoms with Crippen molar-refractivity contribution in [3.63, 3.8) is 0 Å². The molecule has 0 unspecified atom stereocenters. The number of halogens is 1. The topological polar surface area (TPSA) is 111 Å². The predicted molar refractivity (Wildman–Crippen MR) is 79.1 cm³/mol. The van der Waals surface area contributed by atoms with E-state index >= 15 is 0 Å². The fraction of sp³-hybridized carbons (Fsp3) is 0.0769. The largest absolute Gasteiger partial charge is 0.397 e. The van der Waals surface area contributed by atoms with Crippen molar-refractivity contribution in [1.82, 2.24) is 4.98 Å². The molecule has 1 heterocycles. The molecular weight excluding hydrogens is 296 g/mol.